The van der Waals surface area contributed by atoms with Gasteiger partial charge in [-0.2, -0.15) is 13.2 Å². The zero-order chi connectivity index (χ0) is 21.9. The van der Waals surface area contributed by atoms with Crippen LogP contribution in [0.3, 0.4) is 0 Å². The Bertz CT molecular complexity index is 1060. The maximum absolute atomic E-state index is 13.2. The van der Waals surface area contributed by atoms with E-state index in [1.165, 1.54) is 36.7 Å². The molecule has 0 bridgehead atoms. The first-order chi connectivity index (χ1) is 14.2. The number of aromatic nitrogens is 1. The molecule has 1 aromatic heterocycles. The van der Waals surface area contributed by atoms with E-state index in [2.05, 4.69) is 4.98 Å². The number of carbonyl (C=O) groups is 1. The highest BCUT2D eigenvalue weighted by Gasteiger charge is 2.31. The van der Waals surface area contributed by atoms with Crippen LogP contribution in [0.5, 0.6) is 0 Å². The zero-order valence-electron chi connectivity index (χ0n) is 15.4. The van der Waals surface area contributed by atoms with Crippen LogP contribution in [0.4, 0.5) is 13.2 Å². The standard InChI is InChI=1S/C22H16ClF3N2O2/c23-17-9-5-14(6-10-17)20(29)18(21(30)15-2-1-11-28-12-15)19(27)13-3-7-16(8-4-13)22(24,25)26/h1-12,21,30H,27H2. The number of ketones is 1. The number of halogens is 4. The van der Waals surface area contributed by atoms with Crippen molar-refractivity contribution in [2.75, 3.05) is 0 Å². The van der Waals surface area contributed by atoms with Crippen molar-refractivity contribution >= 4 is 23.1 Å². The van der Waals surface area contributed by atoms with Gasteiger partial charge in [0.15, 0.2) is 5.78 Å². The second-order valence-corrected chi connectivity index (χ2v) is 6.86. The molecule has 1 atom stereocenters. The van der Waals surface area contributed by atoms with Crippen LogP contribution in [-0.4, -0.2) is 15.9 Å². The highest BCUT2D eigenvalue weighted by Crippen LogP contribution is 2.32. The number of hydrogen-bond donors (Lipinski definition) is 2. The highest BCUT2D eigenvalue weighted by atomic mass is 35.5. The fourth-order valence-corrected chi connectivity index (χ4v) is 2.98. The number of Topliss-reactive ketones (excluding diaryl/α,β-unsaturated/α-hetero) is 1. The van der Waals surface area contributed by atoms with Crippen molar-refractivity contribution in [2.45, 2.75) is 12.3 Å². The molecular weight excluding hydrogens is 417 g/mol. The summed E-state index contributed by atoms with van der Waals surface area (Å²) in [6, 6.07) is 13.2. The summed E-state index contributed by atoms with van der Waals surface area (Å²) >= 11 is 5.87. The number of carbonyl (C=O) groups excluding carboxylic acids is 1. The summed E-state index contributed by atoms with van der Waals surface area (Å²) in [7, 11) is 0. The Balaban J connectivity index is 2.12. The second kappa shape index (κ2) is 8.69. The van der Waals surface area contributed by atoms with Crippen molar-refractivity contribution in [3.05, 3.63) is 106 Å². The lowest BCUT2D eigenvalue weighted by Crippen LogP contribution is -2.18. The fourth-order valence-electron chi connectivity index (χ4n) is 2.85. The minimum Gasteiger partial charge on any atom is -0.398 e. The lowest BCUT2D eigenvalue weighted by molar-refractivity contribution is -0.137. The zero-order valence-corrected chi connectivity index (χ0v) is 16.2. The van der Waals surface area contributed by atoms with E-state index in [1.807, 2.05) is 0 Å². The number of aliphatic hydroxyl groups excluding tert-OH is 1. The molecule has 8 heteroatoms. The molecule has 2 aromatic carbocycles. The molecule has 0 aliphatic carbocycles. The van der Waals surface area contributed by atoms with Gasteiger partial charge in [0.1, 0.15) is 6.10 Å². The van der Waals surface area contributed by atoms with Gasteiger partial charge in [-0.1, -0.05) is 29.8 Å². The van der Waals surface area contributed by atoms with E-state index in [-0.39, 0.29) is 22.4 Å². The van der Waals surface area contributed by atoms with Crippen LogP contribution in [-0.2, 0) is 6.18 Å². The van der Waals surface area contributed by atoms with Gasteiger partial charge < -0.3 is 10.8 Å². The molecule has 3 rings (SSSR count). The van der Waals surface area contributed by atoms with Gasteiger partial charge in [0.25, 0.3) is 0 Å². The third-order valence-electron chi connectivity index (χ3n) is 4.44. The molecule has 0 aliphatic rings. The van der Waals surface area contributed by atoms with Crippen LogP contribution in [0, 0.1) is 0 Å². The minimum absolute atomic E-state index is 0.139. The topological polar surface area (TPSA) is 76.2 Å². The van der Waals surface area contributed by atoms with Gasteiger partial charge in [0, 0.05) is 34.2 Å². The summed E-state index contributed by atoms with van der Waals surface area (Å²) in [5.74, 6) is -0.583. The van der Waals surface area contributed by atoms with Crippen LogP contribution < -0.4 is 5.73 Å². The van der Waals surface area contributed by atoms with Crippen LogP contribution >= 0.6 is 11.6 Å². The average Bonchev–Trinajstić information content (AvgIpc) is 2.74. The molecule has 0 fully saturated rings. The van der Waals surface area contributed by atoms with E-state index in [1.54, 1.807) is 12.1 Å². The minimum atomic E-state index is -4.51. The smallest absolute Gasteiger partial charge is 0.398 e. The number of nitrogens with zero attached hydrogens (tertiary/aromatic N) is 1. The molecule has 1 heterocycles. The number of aliphatic hydroxyl groups is 1. The van der Waals surface area contributed by atoms with Crippen molar-refractivity contribution in [1.82, 2.24) is 4.98 Å². The van der Waals surface area contributed by atoms with E-state index in [4.69, 9.17) is 17.3 Å². The Labute approximate surface area is 175 Å². The summed E-state index contributed by atoms with van der Waals surface area (Å²) in [4.78, 5) is 17.1. The van der Waals surface area contributed by atoms with E-state index in [0.717, 1.165) is 24.3 Å². The number of alkyl halides is 3. The van der Waals surface area contributed by atoms with Gasteiger partial charge >= 0.3 is 6.18 Å². The van der Waals surface area contributed by atoms with Crippen molar-refractivity contribution in [1.29, 1.82) is 0 Å². The van der Waals surface area contributed by atoms with Gasteiger partial charge in [-0.15, -0.1) is 0 Å². The summed E-state index contributed by atoms with van der Waals surface area (Å²) in [5.41, 5.74) is 5.71. The second-order valence-electron chi connectivity index (χ2n) is 6.43. The van der Waals surface area contributed by atoms with Crippen molar-refractivity contribution < 1.29 is 23.1 Å². The molecule has 30 heavy (non-hydrogen) atoms. The average molecular weight is 433 g/mol. The predicted octanol–water partition coefficient (Wildman–Crippen LogP) is 5.04. The highest BCUT2D eigenvalue weighted by molar-refractivity contribution is 6.30. The molecule has 0 spiro atoms. The number of pyridine rings is 1. The van der Waals surface area contributed by atoms with E-state index in [0.29, 0.717) is 10.6 Å². The quantitative estimate of drug-likeness (QED) is 0.437. The van der Waals surface area contributed by atoms with Crippen molar-refractivity contribution in [3.8, 4) is 0 Å². The Morgan fingerprint density at radius 2 is 1.60 bits per heavy atom. The van der Waals surface area contributed by atoms with Crippen LogP contribution in [0.15, 0.2) is 78.6 Å². The Morgan fingerprint density at radius 3 is 2.13 bits per heavy atom. The van der Waals surface area contributed by atoms with E-state index in [9.17, 15) is 23.1 Å². The van der Waals surface area contributed by atoms with Crippen molar-refractivity contribution in [3.63, 3.8) is 0 Å². The van der Waals surface area contributed by atoms with Gasteiger partial charge in [-0.25, -0.2) is 0 Å². The van der Waals surface area contributed by atoms with E-state index >= 15 is 0 Å². The molecule has 0 amide bonds. The van der Waals surface area contributed by atoms with Crippen LogP contribution in [0.1, 0.15) is 33.2 Å². The number of hydrogen-bond acceptors (Lipinski definition) is 4. The first-order valence-corrected chi connectivity index (χ1v) is 9.12. The normalized spacial score (nSPS) is 13.5. The Morgan fingerprint density at radius 1 is 1.00 bits per heavy atom. The largest absolute Gasteiger partial charge is 0.416 e. The summed E-state index contributed by atoms with van der Waals surface area (Å²) < 4.78 is 38.6. The first kappa shape index (κ1) is 21.5. The SMILES string of the molecule is NC(=C(C(=O)c1ccc(Cl)cc1)C(O)c1cccnc1)c1ccc(C(F)(F)F)cc1. The lowest BCUT2D eigenvalue weighted by atomic mass is 9.91. The molecule has 1 unspecified atom stereocenters. The van der Waals surface area contributed by atoms with Gasteiger partial charge in [-0.3, -0.25) is 9.78 Å². The third kappa shape index (κ3) is 4.69. The summed E-state index contributed by atoms with van der Waals surface area (Å²) in [5, 5.41) is 11.3. The summed E-state index contributed by atoms with van der Waals surface area (Å²) in [6.45, 7) is 0. The molecule has 0 saturated heterocycles. The van der Waals surface area contributed by atoms with Gasteiger partial charge in [0.05, 0.1) is 11.1 Å². The molecule has 3 aromatic rings. The first-order valence-electron chi connectivity index (χ1n) is 8.74. The van der Waals surface area contributed by atoms with Gasteiger partial charge in [0.2, 0.25) is 0 Å². The van der Waals surface area contributed by atoms with E-state index < -0.39 is 23.6 Å². The Kier molecular flexibility index (Phi) is 6.24. The molecule has 154 valence electrons. The summed E-state index contributed by atoms with van der Waals surface area (Å²) in [6.07, 6.45) is -3.07. The molecule has 0 saturated carbocycles. The van der Waals surface area contributed by atoms with Gasteiger partial charge in [-0.05, 0) is 48.0 Å². The number of rotatable bonds is 5. The van der Waals surface area contributed by atoms with Crippen LogP contribution in [0.25, 0.3) is 5.70 Å². The maximum Gasteiger partial charge on any atom is 0.416 e. The monoisotopic (exact) mass is 432 g/mol. The number of nitrogens with two attached hydrogens (primary N) is 1. The molecule has 3 N–H and O–H groups in total. The molecule has 4 nitrogen and oxygen atoms in total. The van der Waals surface area contributed by atoms with Crippen molar-refractivity contribution in [2.24, 2.45) is 5.73 Å². The molecule has 0 aliphatic heterocycles. The third-order valence-corrected chi connectivity index (χ3v) is 4.69. The molecule has 0 radical (unpaired) electrons. The lowest BCUT2D eigenvalue weighted by Gasteiger charge is -2.18. The fraction of sp³-hybridized carbons (Fsp3) is 0.0909. The maximum atomic E-state index is 13.2. The van der Waals surface area contributed by atoms with Crippen LogP contribution in [0.2, 0.25) is 5.02 Å². The Hall–Kier alpha value is -3.16. The number of benzene rings is 2. The molecular formula is C22H16ClF3N2O2. The predicted molar refractivity (Wildman–Crippen MR) is 108 cm³/mol.